The molecule has 0 saturated carbocycles. The highest BCUT2D eigenvalue weighted by atomic mass is 79.9. The van der Waals surface area contributed by atoms with Gasteiger partial charge in [0.25, 0.3) is 0 Å². The Hall–Kier alpha value is -1.21. The highest BCUT2D eigenvalue weighted by Crippen LogP contribution is 2.21. The monoisotopic (exact) mass is 342 g/mol. The van der Waals surface area contributed by atoms with Crippen molar-refractivity contribution in [2.75, 3.05) is 7.05 Å². The molecule has 0 bridgehead atoms. The minimum Gasteiger partial charge on any atom is -0.300 e. The van der Waals surface area contributed by atoms with Gasteiger partial charge in [0.1, 0.15) is 0 Å². The largest absolute Gasteiger partial charge is 0.300 e. The van der Waals surface area contributed by atoms with Crippen molar-refractivity contribution in [2.24, 2.45) is 0 Å². The second-order valence-corrected chi connectivity index (χ2v) is 5.72. The summed E-state index contributed by atoms with van der Waals surface area (Å²) in [5, 5.41) is 7.65. The summed E-state index contributed by atoms with van der Waals surface area (Å²) in [4.78, 5) is 24.7. The van der Waals surface area contributed by atoms with Crippen LogP contribution in [0.3, 0.4) is 0 Å². The Morgan fingerprint density at radius 3 is 2.80 bits per heavy atom. The lowest BCUT2D eigenvalue weighted by atomic mass is 10.0. The molecule has 1 atom stereocenters. The predicted molar refractivity (Wildman–Crippen MR) is 78.0 cm³/mol. The van der Waals surface area contributed by atoms with Gasteiger partial charge in [-0.2, -0.15) is 5.10 Å². The lowest BCUT2D eigenvalue weighted by Gasteiger charge is -2.28. The molecule has 0 radical (unpaired) electrons. The molecule has 1 aliphatic heterocycles. The number of hydrogen-bond donors (Lipinski definition) is 1. The number of likely N-dealkylation sites (tertiary alicyclic amines) is 1. The molecule has 1 saturated heterocycles. The second kappa shape index (κ2) is 6.05. The van der Waals surface area contributed by atoms with E-state index in [9.17, 15) is 9.59 Å². The molecule has 2 amide bonds. The van der Waals surface area contributed by atoms with Gasteiger partial charge in [0.2, 0.25) is 11.8 Å². The summed E-state index contributed by atoms with van der Waals surface area (Å²) in [5.74, 6) is -0.264. The number of imide groups is 1. The lowest BCUT2D eigenvalue weighted by molar-refractivity contribution is -0.148. The maximum atomic E-state index is 12.0. The van der Waals surface area contributed by atoms with Gasteiger partial charge in [0.05, 0.1) is 21.9 Å². The normalized spacial score (nSPS) is 19.8. The molecule has 1 fully saturated rings. The van der Waals surface area contributed by atoms with Gasteiger partial charge in [0.15, 0.2) is 0 Å². The Morgan fingerprint density at radius 2 is 2.15 bits per heavy atom. The van der Waals surface area contributed by atoms with Crippen molar-refractivity contribution in [3.05, 3.63) is 15.9 Å². The average molecular weight is 343 g/mol. The summed E-state index contributed by atoms with van der Waals surface area (Å²) in [7, 11) is 1.54. The molecule has 2 heterocycles. The number of piperidine rings is 1. The number of carbonyl (C=O) groups excluding carboxylic acids is 2. The molecule has 1 aromatic rings. The van der Waals surface area contributed by atoms with Crippen LogP contribution >= 0.6 is 15.9 Å². The van der Waals surface area contributed by atoms with Crippen LogP contribution in [0.5, 0.6) is 0 Å². The summed E-state index contributed by atoms with van der Waals surface area (Å²) >= 11 is 3.53. The zero-order chi connectivity index (χ0) is 14.9. The predicted octanol–water partition coefficient (Wildman–Crippen LogP) is 1.21. The summed E-state index contributed by atoms with van der Waals surface area (Å²) in [6.07, 6.45) is 0.964. The third-order valence-corrected chi connectivity index (χ3v) is 4.65. The van der Waals surface area contributed by atoms with E-state index in [1.807, 2.05) is 18.5 Å². The smallest absolute Gasteiger partial charge is 0.246 e. The average Bonchev–Trinajstić information content (AvgIpc) is 2.71. The van der Waals surface area contributed by atoms with E-state index in [0.717, 1.165) is 22.4 Å². The summed E-state index contributed by atoms with van der Waals surface area (Å²) in [6, 6.07) is -0.301. The van der Waals surface area contributed by atoms with E-state index < -0.39 is 0 Å². The minimum absolute atomic E-state index is 0.108. The van der Waals surface area contributed by atoms with Gasteiger partial charge in [-0.15, -0.1) is 0 Å². The van der Waals surface area contributed by atoms with Gasteiger partial charge in [-0.1, -0.05) is 0 Å². The summed E-state index contributed by atoms with van der Waals surface area (Å²) in [6.45, 7) is 5.30. The number of halogens is 1. The number of nitrogens with zero attached hydrogens (tertiary/aromatic N) is 3. The van der Waals surface area contributed by atoms with Gasteiger partial charge >= 0.3 is 0 Å². The molecule has 0 spiro atoms. The van der Waals surface area contributed by atoms with E-state index in [4.69, 9.17) is 0 Å². The lowest BCUT2D eigenvalue weighted by Crippen LogP contribution is -2.51. The van der Waals surface area contributed by atoms with Crippen LogP contribution in [0.25, 0.3) is 0 Å². The van der Waals surface area contributed by atoms with E-state index in [2.05, 4.69) is 26.3 Å². The van der Waals surface area contributed by atoms with Gasteiger partial charge in [-0.3, -0.25) is 19.2 Å². The molecule has 1 N–H and O–H groups in total. The number of likely N-dealkylation sites (N-methyl/N-ethyl adjacent to an activating group) is 1. The number of hydrogen-bond acceptors (Lipinski definition) is 4. The Balaban J connectivity index is 2.06. The van der Waals surface area contributed by atoms with Crippen LogP contribution in [0.4, 0.5) is 0 Å². The van der Waals surface area contributed by atoms with Crippen molar-refractivity contribution in [1.29, 1.82) is 0 Å². The van der Waals surface area contributed by atoms with Crippen LogP contribution in [0.1, 0.15) is 31.2 Å². The fourth-order valence-corrected chi connectivity index (χ4v) is 2.79. The number of nitrogens with one attached hydrogen (secondary N) is 1. The maximum absolute atomic E-state index is 12.0. The van der Waals surface area contributed by atoms with E-state index in [1.165, 1.54) is 11.9 Å². The Bertz CT molecular complexity index is 541. The standard InChI is InChI=1S/C13H19BrN4O2/c1-4-18-10(12(14)8(2)16-18)7-15-9-5-6-11(19)17(3)13(9)20/h9,15H,4-7H2,1-3H3. The quantitative estimate of drug-likeness (QED) is 0.835. The van der Waals surface area contributed by atoms with Crippen molar-refractivity contribution >= 4 is 27.7 Å². The molecule has 1 aliphatic rings. The van der Waals surface area contributed by atoms with Crippen LogP contribution < -0.4 is 5.32 Å². The Kier molecular flexibility index (Phi) is 4.59. The third kappa shape index (κ3) is 2.78. The van der Waals surface area contributed by atoms with Crippen molar-refractivity contribution in [2.45, 2.75) is 45.8 Å². The number of rotatable bonds is 4. The number of aryl methyl sites for hydroxylation is 2. The van der Waals surface area contributed by atoms with E-state index in [1.54, 1.807) is 0 Å². The highest BCUT2D eigenvalue weighted by molar-refractivity contribution is 9.10. The van der Waals surface area contributed by atoms with Crippen molar-refractivity contribution < 1.29 is 9.59 Å². The molecule has 20 heavy (non-hydrogen) atoms. The first-order chi connectivity index (χ1) is 9.45. The second-order valence-electron chi connectivity index (χ2n) is 4.93. The van der Waals surface area contributed by atoms with Gasteiger partial charge in [0, 0.05) is 26.6 Å². The SMILES string of the molecule is CCn1nc(C)c(Br)c1CNC1CCC(=O)N(C)C1=O. The van der Waals surface area contributed by atoms with Crippen LogP contribution in [-0.4, -0.2) is 39.6 Å². The van der Waals surface area contributed by atoms with Gasteiger partial charge in [-0.25, -0.2) is 0 Å². The molecule has 7 heteroatoms. The van der Waals surface area contributed by atoms with Gasteiger partial charge < -0.3 is 5.32 Å². The first kappa shape index (κ1) is 15.2. The number of carbonyl (C=O) groups is 2. The van der Waals surface area contributed by atoms with Crippen LogP contribution in [0.15, 0.2) is 4.47 Å². The molecule has 110 valence electrons. The fourth-order valence-electron chi connectivity index (χ4n) is 2.36. The van der Waals surface area contributed by atoms with E-state index >= 15 is 0 Å². The first-order valence-corrected chi connectivity index (χ1v) is 7.50. The summed E-state index contributed by atoms with van der Waals surface area (Å²) in [5.41, 5.74) is 1.96. The number of amides is 2. The molecule has 6 nitrogen and oxygen atoms in total. The van der Waals surface area contributed by atoms with E-state index in [0.29, 0.717) is 19.4 Å². The Labute approximate surface area is 126 Å². The van der Waals surface area contributed by atoms with Crippen molar-refractivity contribution in [3.8, 4) is 0 Å². The van der Waals surface area contributed by atoms with E-state index in [-0.39, 0.29) is 17.9 Å². The minimum atomic E-state index is -0.301. The fraction of sp³-hybridized carbons (Fsp3) is 0.615. The van der Waals surface area contributed by atoms with Crippen molar-refractivity contribution in [3.63, 3.8) is 0 Å². The third-order valence-electron chi connectivity index (χ3n) is 3.62. The zero-order valence-corrected chi connectivity index (χ0v) is 13.5. The van der Waals surface area contributed by atoms with Crippen LogP contribution in [0.2, 0.25) is 0 Å². The van der Waals surface area contributed by atoms with Crippen molar-refractivity contribution in [1.82, 2.24) is 20.0 Å². The molecule has 2 rings (SSSR count). The summed E-state index contributed by atoms with van der Waals surface area (Å²) < 4.78 is 2.88. The molecular weight excluding hydrogens is 324 g/mol. The maximum Gasteiger partial charge on any atom is 0.246 e. The Morgan fingerprint density at radius 1 is 1.45 bits per heavy atom. The van der Waals surface area contributed by atoms with Crippen LogP contribution in [0, 0.1) is 6.92 Å². The van der Waals surface area contributed by atoms with Crippen LogP contribution in [-0.2, 0) is 22.7 Å². The molecule has 1 aromatic heterocycles. The molecule has 1 unspecified atom stereocenters. The molecule has 0 aromatic carbocycles. The topological polar surface area (TPSA) is 67.2 Å². The highest BCUT2D eigenvalue weighted by Gasteiger charge is 2.31. The number of aromatic nitrogens is 2. The van der Waals surface area contributed by atoms with Gasteiger partial charge in [-0.05, 0) is 36.2 Å². The molecular formula is C13H19BrN4O2. The zero-order valence-electron chi connectivity index (χ0n) is 11.9. The first-order valence-electron chi connectivity index (χ1n) is 6.71. The molecule has 0 aliphatic carbocycles.